The van der Waals surface area contributed by atoms with Gasteiger partial charge in [-0.15, -0.1) is 0 Å². The van der Waals surface area contributed by atoms with Crippen LogP contribution in [-0.2, 0) is 11.2 Å². The largest absolute Gasteiger partial charge is 0.497 e. The average molecular weight is 328 g/mol. The van der Waals surface area contributed by atoms with Crippen LogP contribution in [0.15, 0.2) is 48.5 Å². The second kappa shape index (κ2) is 9.45. The molecule has 2 aromatic carbocycles. The predicted octanol–water partition coefficient (Wildman–Crippen LogP) is 2.86. The number of methoxy groups -OCH3 is 1. The molecule has 0 atom stereocenters. The lowest BCUT2D eigenvalue weighted by molar-refractivity contribution is -0.119. The molecule has 0 spiro atoms. The number of hydrogen-bond donors (Lipinski definition) is 2. The van der Waals surface area contributed by atoms with Gasteiger partial charge in [0.1, 0.15) is 18.1 Å². The van der Waals surface area contributed by atoms with Crippen molar-refractivity contribution >= 4 is 11.6 Å². The number of para-hydroxylation sites is 1. The Bertz CT molecular complexity index is 641. The smallest absolute Gasteiger partial charge is 0.239 e. The molecule has 0 fully saturated rings. The summed E-state index contributed by atoms with van der Waals surface area (Å²) in [5.74, 6) is 1.48. The van der Waals surface area contributed by atoms with Gasteiger partial charge in [0.15, 0.2) is 0 Å². The molecule has 2 N–H and O–H groups in total. The van der Waals surface area contributed by atoms with Gasteiger partial charge in [-0.3, -0.25) is 4.79 Å². The van der Waals surface area contributed by atoms with E-state index in [0.717, 1.165) is 23.6 Å². The highest BCUT2D eigenvalue weighted by molar-refractivity contribution is 5.80. The monoisotopic (exact) mass is 328 g/mol. The highest BCUT2D eigenvalue weighted by atomic mass is 16.5. The number of ether oxygens (including phenoxy) is 2. The molecule has 2 aromatic rings. The molecule has 0 heterocycles. The summed E-state index contributed by atoms with van der Waals surface area (Å²) in [4.78, 5) is 11.9. The Morgan fingerprint density at radius 3 is 2.46 bits per heavy atom. The summed E-state index contributed by atoms with van der Waals surface area (Å²) < 4.78 is 10.7. The molecule has 24 heavy (non-hydrogen) atoms. The van der Waals surface area contributed by atoms with Crippen molar-refractivity contribution in [3.05, 3.63) is 54.1 Å². The molecular weight excluding hydrogens is 304 g/mol. The first kappa shape index (κ1) is 17.7. The molecule has 0 saturated carbocycles. The fourth-order valence-electron chi connectivity index (χ4n) is 2.27. The third kappa shape index (κ3) is 5.50. The summed E-state index contributed by atoms with van der Waals surface area (Å²) in [7, 11) is 1.62. The quantitative estimate of drug-likeness (QED) is 0.695. The Morgan fingerprint density at radius 2 is 1.75 bits per heavy atom. The van der Waals surface area contributed by atoms with Crippen molar-refractivity contribution in [2.24, 2.45) is 0 Å². The first-order valence-corrected chi connectivity index (χ1v) is 8.08. The van der Waals surface area contributed by atoms with Gasteiger partial charge >= 0.3 is 0 Å². The highest BCUT2D eigenvalue weighted by Crippen LogP contribution is 2.16. The van der Waals surface area contributed by atoms with E-state index in [4.69, 9.17) is 9.47 Å². The highest BCUT2D eigenvalue weighted by Gasteiger charge is 2.03. The zero-order valence-electron chi connectivity index (χ0n) is 14.2. The van der Waals surface area contributed by atoms with Gasteiger partial charge in [0.2, 0.25) is 5.91 Å². The van der Waals surface area contributed by atoms with E-state index in [9.17, 15) is 4.79 Å². The van der Waals surface area contributed by atoms with Crippen molar-refractivity contribution in [2.45, 2.75) is 13.3 Å². The van der Waals surface area contributed by atoms with E-state index in [1.54, 1.807) is 7.11 Å². The average Bonchev–Trinajstić information content (AvgIpc) is 2.64. The van der Waals surface area contributed by atoms with E-state index < -0.39 is 0 Å². The van der Waals surface area contributed by atoms with Crippen LogP contribution in [0.5, 0.6) is 11.5 Å². The number of rotatable bonds is 9. The standard InChI is InChI=1S/C19H24N2O3/c1-3-15-6-4-5-7-18(15)21-14-19(22)20-12-13-24-17-10-8-16(23-2)9-11-17/h4-11,21H,3,12-14H2,1-2H3,(H,20,22). The minimum Gasteiger partial charge on any atom is -0.497 e. The fraction of sp³-hybridized carbons (Fsp3) is 0.316. The maximum atomic E-state index is 11.9. The first-order chi connectivity index (χ1) is 11.7. The minimum atomic E-state index is -0.0563. The molecule has 1 amide bonds. The molecule has 0 aromatic heterocycles. The van der Waals surface area contributed by atoms with Gasteiger partial charge in [0.05, 0.1) is 20.2 Å². The molecule has 0 saturated heterocycles. The number of hydrogen-bond acceptors (Lipinski definition) is 4. The summed E-state index contributed by atoms with van der Waals surface area (Å²) in [6.07, 6.45) is 0.931. The number of carbonyl (C=O) groups excluding carboxylic acids is 1. The van der Waals surface area contributed by atoms with E-state index in [-0.39, 0.29) is 12.5 Å². The number of carbonyl (C=O) groups is 1. The second-order valence-corrected chi connectivity index (χ2v) is 5.24. The summed E-state index contributed by atoms with van der Waals surface area (Å²) in [6.45, 7) is 3.22. The first-order valence-electron chi connectivity index (χ1n) is 8.08. The normalized spacial score (nSPS) is 10.1. The van der Waals surface area contributed by atoms with Crippen molar-refractivity contribution in [2.75, 3.05) is 32.1 Å². The lowest BCUT2D eigenvalue weighted by Gasteiger charge is -2.11. The molecule has 5 heteroatoms. The van der Waals surface area contributed by atoms with Gasteiger partial charge in [-0.2, -0.15) is 0 Å². The van der Waals surface area contributed by atoms with Gasteiger partial charge in [0.25, 0.3) is 0 Å². The Hall–Kier alpha value is -2.69. The van der Waals surface area contributed by atoms with Crippen LogP contribution >= 0.6 is 0 Å². The van der Waals surface area contributed by atoms with Crippen LogP contribution in [0, 0.1) is 0 Å². The van der Waals surface area contributed by atoms with Crippen LogP contribution in [0.1, 0.15) is 12.5 Å². The van der Waals surface area contributed by atoms with Gasteiger partial charge in [-0.1, -0.05) is 25.1 Å². The molecule has 0 aliphatic carbocycles. The molecular formula is C19H24N2O3. The van der Waals surface area contributed by atoms with Gasteiger partial charge < -0.3 is 20.1 Å². The van der Waals surface area contributed by atoms with Crippen LogP contribution in [0.4, 0.5) is 5.69 Å². The minimum absolute atomic E-state index is 0.0563. The van der Waals surface area contributed by atoms with E-state index in [2.05, 4.69) is 23.6 Å². The summed E-state index contributed by atoms with van der Waals surface area (Å²) in [6, 6.07) is 15.4. The van der Waals surface area contributed by atoms with Crippen LogP contribution in [-0.4, -0.2) is 32.7 Å². The number of amides is 1. The Labute approximate surface area is 143 Å². The summed E-state index contributed by atoms with van der Waals surface area (Å²) >= 11 is 0. The maximum Gasteiger partial charge on any atom is 0.239 e. The van der Waals surface area contributed by atoms with E-state index >= 15 is 0 Å². The number of anilines is 1. The zero-order chi connectivity index (χ0) is 17.2. The molecule has 0 unspecified atom stereocenters. The van der Waals surface area contributed by atoms with E-state index in [1.807, 2.05) is 42.5 Å². The van der Waals surface area contributed by atoms with Crippen LogP contribution in [0.2, 0.25) is 0 Å². The van der Waals surface area contributed by atoms with Crippen molar-refractivity contribution < 1.29 is 14.3 Å². The summed E-state index contributed by atoms with van der Waals surface area (Å²) in [5, 5.41) is 6.00. The Balaban J connectivity index is 1.66. The second-order valence-electron chi connectivity index (χ2n) is 5.24. The lowest BCUT2D eigenvalue weighted by Crippen LogP contribution is -2.33. The maximum absolute atomic E-state index is 11.9. The third-order valence-electron chi connectivity index (χ3n) is 3.59. The molecule has 0 bridgehead atoms. The number of benzene rings is 2. The predicted molar refractivity (Wildman–Crippen MR) is 95.8 cm³/mol. The fourth-order valence-corrected chi connectivity index (χ4v) is 2.27. The van der Waals surface area contributed by atoms with E-state index in [0.29, 0.717) is 13.2 Å². The molecule has 0 radical (unpaired) electrons. The number of nitrogens with one attached hydrogen (secondary N) is 2. The summed E-state index contributed by atoms with van der Waals surface area (Å²) in [5.41, 5.74) is 2.21. The van der Waals surface area contributed by atoms with Crippen LogP contribution < -0.4 is 20.1 Å². The van der Waals surface area contributed by atoms with Gasteiger partial charge in [-0.05, 0) is 42.3 Å². The van der Waals surface area contributed by atoms with Gasteiger partial charge in [-0.25, -0.2) is 0 Å². The van der Waals surface area contributed by atoms with Crippen molar-refractivity contribution in [1.29, 1.82) is 0 Å². The molecule has 5 nitrogen and oxygen atoms in total. The van der Waals surface area contributed by atoms with Crippen LogP contribution in [0.25, 0.3) is 0 Å². The third-order valence-corrected chi connectivity index (χ3v) is 3.59. The van der Waals surface area contributed by atoms with Gasteiger partial charge in [0, 0.05) is 5.69 Å². The molecule has 128 valence electrons. The lowest BCUT2D eigenvalue weighted by atomic mass is 10.1. The number of aryl methyl sites for hydroxylation is 1. The topological polar surface area (TPSA) is 59.6 Å². The van der Waals surface area contributed by atoms with Crippen molar-refractivity contribution in [3.63, 3.8) is 0 Å². The Morgan fingerprint density at radius 1 is 1.04 bits per heavy atom. The van der Waals surface area contributed by atoms with Crippen molar-refractivity contribution in [3.8, 4) is 11.5 Å². The molecule has 0 aliphatic heterocycles. The van der Waals surface area contributed by atoms with E-state index in [1.165, 1.54) is 5.56 Å². The zero-order valence-corrected chi connectivity index (χ0v) is 14.2. The Kier molecular flexibility index (Phi) is 6.95. The molecule has 0 aliphatic rings. The molecule has 2 rings (SSSR count). The van der Waals surface area contributed by atoms with Crippen LogP contribution in [0.3, 0.4) is 0 Å². The SMILES string of the molecule is CCc1ccccc1NCC(=O)NCCOc1ccc(OC)cc1. The van der Waals surface area contributed by atoms with Crippen molar-refractivity contribution in [1.82, 2.24) is 5.32 Å².